The van der Waals surface area contributed by atoms with Crippen molar-refractivity contribution < 1.29 is 19.0 Å². The molecule has 2 N–H and O–H groups in total. The number of carboxylic acid groups (broad SMARTS) is 1. The first kappa shape index (κ1) is 18.3. The van der Waals surface area contributed by atoms with Crippen molar-refractivity contribution in [2.24, 2.45) is 0 Å². The predicted molar refractivity (Wildman–Crippen MR) is 97.8 cm³/mol. The summed E-state index contributed by atoms with van der Waals surface area (Å²) in [5.74, 6) is -0.258. The van der Waals surface area contributed by atoms with Gasteiger partial charge in [-0.15, -0.1) is 11.8 Å². The van der Waals surface area contributed by atoms with Gasteiger partial charge in [-0.1, -0.05) is 20.3 Å². The molecule has 1 aromatic carbocycles. The molecule has 2 aromatic rings. The normalized spacial score (nSPS) is 20.0. The topological polar surface area (TPSA) is 62.3 Å². The molecule has 3 rings (SSSR count). The molecule has 25 heavy (non-hydrogen) atoms. The number of ether oxygens (including phenoxy) is 1. The maximum absolute atomic E-state index is 14.4. The summed E-state index contributed by atoms with van der Waals surface area (Å²) in [6.45, 7) is 4.53. The van der Waals surface area contributed by atoms with Gasteiger partial charge >= 0.3 is 5.97 Å². The fourth-order valence-corrected chi connectivity index (χ4v) is 4.73. The number of fused-ring (bicyclic) bond motifs is 3. The van der Waals surface area contributed by atoms with Gasteiger partial charge in [-0.05, 0) is 42.7 Å². The lowest BCUT2D eigenvalue weighted by Gasteiger charge is -2.35. The fourth-order valence-electron chi connectivity index (χ4n) is 3.58. The van der Waals surface area contributed by atoms with Crippen molar-refractivity contribution in [2.45, 2.75) is 56.4 Å². The van der Waals surface area contributed by atoms with E-state index < -0.39 is 11.6 Å². The Morgan fingerprint density at radius 1 is 1.44 bits per heavy atom. The number of aromatic amines is 1. The van der Waals surface area contributed by atoms with Gasteiger partial charge in [-0.25, -0.2) is 4.39 Å². The highest BCUT2D eigenvalue weighted by Crippen LogP contribution is 2.43. The number of rotatable bonds is 7. The largest absolute Gasteiger partial charge is 0.481 e. The second kappa shape index (κ2) is 7.38. The van der Waals surface area contributed by atoms with Crippen LogP contribution in [0.15, 0.2) is 17.0 Å². The maximum Gasteiger partial charge on any atom is 0.306 e. The van der Waals surface area contributed by atoms with Crippen molar-refractivity contribution in [1.29, 1.82) is 0 Å². The Kier molecular flexibility index (Phi) is 5.39. The third kappa shape index (κ3) is 3.29. The fraction of sp³-hybridized carbons (Fsp3) is 0.526. The van der Waals surface area contributed by atoms with Crippen LogP contribution in [0.1, 0.15) is 50.8 Å². The number of H-pyrrole nitrogens is 1. The number of halogens is 1. The van der Waals surface area contributed by atoms with Crippen molar-refractivity contribution in [3.05, 3.63) is 29.2 Å². The third-order valence-electron chi connectivity index (χ3n) is 4.92. The minimum absolute atomic E-state index is 0.0931. The van der Waals surface area contributed by atoms with Crippen LogP contribution in [0.2, 0.25) is 0 Å². The molecule has 1 unspecified atom stereocenters. The summed E-state index contributed by atoms with van der Waals surface area (Å²) >= 11 is 1.52. The summed E-state index contributed by atoms with van der Waals surface area (Å²) in [7, 11) is 0. The van der Waals surface area contributed by atoms with Gasteiger partial charge in [-0.2, -0.15) is 0 Å². The van der Waals surface area contributed by atoms with Crippen LogP contribution in [-0.4, -0.2) is 28.4 Å². The molecule has 0 spiro atoms. The summed E-state index contributed by atoms with van der Waals surface area (Å²) < 4.78 is 20.4. The Bertz CT molecular complexity index is 789. The van der Waals surface area contributed by atoms with Gasteiger partial charge in [0.25, 0.3) is 0 Å². The average molecular weight is 365 g/mol. The minimum atomic E-state index is -0.892. The van der Waals surface area contributed by atoms with Crippen LogP contribution in [0.3, 0.4) is 0 Å². The number of carbonyl (C=O) groups is 1. The second-order valence-corrected chi connectivity index (χ2v) is 7.60. The highest BCUT2D eigenvalue weighted by molar-refractivity contribution is 7.99. The molecule has 0 saturated heterocycles. The number of aromatic nitrogens is 1. The Labute approximate surface area is 151 Å². The van der Waals surface area contributed by atoms with Crippen molar-refractivity contribution >= 4 is 28.6 Å². The van der Waals surface area contributed by atoms with Gasteiger partial charge in [-0.3, -0.25) is 4.79 Å². The Balaban J connectivity index is 2.13. The van der Waals surface area contributed by atoms with E-state index >= 15 is 0 Å². The first-order chi connectivity index (χ1) is 12.0. The molecule has 2 heterocycles. The number of thioether (sulfide) groups is 1. The van der Waals surface area contributed by atoms with E-state index in [2.05, 4.69) is 11.9 Å². The summed E-state index contributed by atoms with van der Waals surface area (Å²) in [6, 6.07) is 3.32. The summed E-state index contributed by atoms with van der Waals surface area (Å²) in [4.78, 5) is 15.4. The number of nitrogens with one attached hydrogen (secondary N) is 1. The van der Waals surface area contributed by atoms with Crippen LogP contribution >= 0.6 is 11.8 Å². The maximum atomic E-state index is 14.4. The average Bonchev–Trinajstić information content (AvgIpc) is 2.96. The van der Waals surface area contributed by atoms with Crippen molar-refractivity contribution in [2.75, 3.05) is 12.4 Å². The summed E-state index contributed by atoms with van der Waals surface area (Å²) in [5.41, 5.74) is 1.79. The molecular weight excluding hydrogens is 341 g/mol. The molecule has 1 atom stereocenters. The van der Waals surface area contributed by atoms with Crippen LogP contribution in [-0.2, 0) is 21.6 Å². The molecule has 1 aliphatic rings. The number of hydrogen-bond donors (Lipinski definition) is 2. The third-order valence-corrected chi connectivity index (χ3v) is 6.11. The van der Waals surface area contributed by atoms with E-state index in [4.69, 9.17) is 4.74 Å². The van der Waals surface area contributed by atoms with Crippen molar-refractivity contribution in [3.8, 4) is 0 Å². The van der Waals surface area contributed by atoms with Gasteiger partial charge in [0.15, 0.2) is 0 Å². The molecule has 0 amide bonds. The highest BCUT2D eigenvalue weighted by Gasteiger charge is 2.41. The lowest BCUT2D eigenvalue weighted by molar-refractivity contribution is -0.148. The standard InChI is InChI=1S/C19H24FNO3S/c1-3-5-10-25-17-14(20)7-6-12-13-8-9-24-19(4-2,11-15(22)23)18(13)21-16(12)17/h6-7,21H,3-5,8-11H2,1-2H3,(H,22,23). The Morgan fingerprint density at radius 2 is 2.24 bits per heavy atom. The van der Waals surface area contributed by atoms with Gasteiger partial charge in [0.1, 0.15) is 11.4 Å². The van der Waals surface area contributed by atoms with E-state index in [0.29, 0.717) is 24.3 Å². The van der Waals surface area contributed by atoms with E-state index in [1.54, 1.807) is 6.07 Å². The van der Waals surface area contributed by atoms with Gasteiger partial charge in [0.05, 0.1) is 29.1 Å². The number of hydrogen-bond acceptors (Lipinski definition) is 3. The molecule has 1 aromatic heterocycles. The zero-order chi connectivity index (χ0) is 18.0. The first-order valence-electron chi connectivity index (χ1n) is 8.84. The second-order valence-electron chi connectivity index (χ2n) is 6.50. The Hall–Kier alpha value is -1.53. The molecule has 0 aliphatic carbocycles. The van der Waals surface area contributed by atoms with Crippen molar-refractivity contribution in [3.63, 3.8) is 0 Å². The molecule has 0 fully saturated rings. The monoisotopic (exact) mass is 365 g/mol. The van der Waals surface area contributed by atoms with E-state index in [-0.39, 0.29) is 12.2 Å². The molecular formula is C19H24FNO3S. The molecule has 4 nitrogen and oxygen atoms in total. The lowest BCUT2D eigenvalue weighted by atomic mass is 9.86. The van der Waals surface area contributed by atoms with Gasteiger partial charge in [0, 0.05) is 5.39 Å². The molecule has 6 heteroatoms. The van der Waals surface area contributed by atoms with Gasteiger partial charge in [0.2, 0.25) is 0 Å². The van der Waals surface area contributed by atoms with Crippen LogP contribution < -0.4 is 0 Å². The zero-order valence-corrected chi connectivity index (χ0v) is 15.5. The number of benzene rings is 1. The molecule has 0 bridgehead atoms. The van der Waals surface area contributed by atoms with Crippen LogP contribution in [0.25, 0.3) is 10.9 Å². The highest BCUT2D eigenvalue weighted by atomic mass is 32.2. The first-order valence-corrected chi connectivity index (χ1v) is 9.83. The molecule has 0 saturated carbocycles. The predicted octanol–water partition coefficient (Wildman–Crippen LogP) is 4.85. The van der Waals surface area contributed by atoms with E-state index in [9.17, 15) is 14.3 Å². The Morgan fingerprint density at radius 3 is 2.92 bits per heavy atom. The minimum Gasteiger partial charge on any atom is -0.481 e. The van der Waals surface area contributed by atoms with Crippen LogP contribution in [0.5, 0.6) is 0 Å². The quantitative estimate of drug-likeness (QED) is 0.544. The van der Waals surface area contributed by atoms with Gasteiger partial charge < -0.3 is 14.8 Å². The zero-order valence-electron chi connectivity index (χ0n) is 14.7. The van der Waals surface area contributed by atoms with Crippen LogP contribution in [0, 0.1) is 5.82 Å². The SMILES string of the molecule is CCCCSc1c(F)ccc2c3c([nH]c12)C(CC)(CC(=O)O)OCC3. The number of carboxylic acids is 1. The molecule has 1 aliphatic heterocycles. The van der Waals surface area contributed by atoms with E-state index in [1.165, 1.54) is 17.8 Å². The van der Waals surface area contributed by atoms with E-state index in [0.717, 1.165) is 40.8 Å². The lowest BCUT2D eigenvalue weighted by Crippen LogP contribution is -2.37. The van der Waals surface area contributed by atoms with E-state index in [1.807, 2.05) is 6.92 Å². The summed E-state index contributed by atoms with van der Waals surface area (Å²) in [5, 5.41) is 10.3. The van der Waals surface area contributed by atoms with Crippen LogP contribution in [0.4, 0.5) is 4.39 Å². The smallest absolute Gasteiger partial charge is 0.306 e. The molecule has 136 valence electrons. The molecule has 0 radical (unpaired) electrons. The number of aliphatic carboxylic acids is 1. The number of unbranched alkanes of at least 4 members (excludes halogenated alkanes) is 1. The van der Waals surface area contributed by atoms with Crippen molar-refractivity contribution in [1.82, 2.24) is 4.98 Å². The summed E-state index contributed by atoms with van der Waals surface area (Å²) in [6.07, 6.45) is 3.27.